The third-order valence-electron chi connectivity index (χ3n) is 7.69. The van der Waals surface area contributed by atoms with Crippen molar-refractivity contribution in [2.45, 2.75) is 49.1 Å². The number of carbonyl (C=O) groups is 2. The fourth-order valence-electron chi connectivity index (χ4n) is 5.45. The molecule has 5 aromatic rings. The smallest absolute Gasteiger partial charge is 0.251 e. The van der Waals surface area contributed by atoms with Gasteiger partial charge in [-0.2, -0.15) is 0 Å². The SMILES string of the molecule is O=C(NCc1ccco1)c1cccc(S(=O)(=O)Cc2c(O[C@H](Cn3ccnc3)c3ccccc3)ccc3c2CCCC3=O)c1. The van der Waals surface area contributed by atoms with Gasteiger partial charge in [0, 0.05) is 35.5 Å². The molecule has 0 aliphatic heterocycles. The number of hydrogen-bond donors (Lipinski definition) is 1. The van der Waals surface area contributed by atoms with E-state index in [9.17, 15) is 18.0 Å². The zero-order valence-corrected chi connectivity index (χ0v) is 24.7. The molecule has 0 radical (unpaired) electrons. The summed E-state index contributed by atoms with van der Waals surface area (Å²) in [7, 11) is -3.96. The fraction of sp³-hybridized carbons (Fsp3) is 0.206. The second-order valence-corrected chi connectivity index (χ2v) is 12.7. The first-order chi connectivity index (χ1) is 21.4. The zero-order chi connectivity index (χ0) is 30.5. The van der Waals surface area contributed by atoms with E-state index < -0.39 is 21.8 Å². The Hall–Kier alpha value is -4.96. The van der Waals surface area contributed by atoms with Gasteiger partial charge in [-0.1, -0.05) is 36.4 Å². The van der Waals surface area contributed by atoms with Crippen LogP contribution in [0.5, 0.6) is 5.75 Å². The van der Waals surface area contributed by atoms with Gasteiger partial charge in [0.15, 0.2) is 15.6 Å². The molecule has 0 saturated heterocycles. The second kappa shape index (κ2) is 12.7. The number of sulfone groups is 1. The summed E-state index contributed by atoms with van der Waals surface area (Å²) in [6.07, 6.45) is 7.91. The molecule has 0 saturated carbocycles. The highest BCUT2D eigenvalue weighted by molar-refractivity contribution is 7.90. The van der Waals surface area contributed by atoms with Crippen molar-refractivity contribution < 1.29 is 27.2 Å². The first-order valence-corrected chi connectivity index (χ1v) is 16.0. The number of benzene rings is 3. The maximum absolute atomic E-state index is 14.0. The second-order valence-electron chi connectivity index (χ2n) is 10.7. The highest BCUT2D eigenvalue weighted by Gasteiger charge is 2.28. The van der Waals surface area contributed by atoms with Crippen molar-refractivity contribution in [3.8, 4) is 5.75 Å². The Bertz CT molecular complexity index is 1870. The monoisotopic (exact) mass is 609 g/mol. The van der Waals surface area contributed by atoms with Crippen molar-refractivity contribution in [2.75, 3.05) is 0 Å². The van der Waals surface area contributed by atoms with Crippen molar-refractivity contribution in [3.63, 3.8) is 0 Å². The molecule has 1 amide bonds. The van der Waals surface area contributed by atoms with Crippen LogP contribution in [0.3, 0.4) is 0 Å². The van der Waals surface area contributed by atoms with Crippen molar-refractivity contribution in [1.82, 2.24) is 14.9 Å². The summed E-state index contributed by atoms with van der Waals surface area (Å²) in [6, 6.07) is 22.6. The number of amides is 1. The van der Waals surface area contributed by atoms with Gasteiger partial charge in [0.05, 0.1) is 36.3 Å². The summed E-state index contributed by atoms with van der Waals surface area (Å²) >= 11 is 0. The maximum atomic E-state index is 14.0. The minimum atomic E-state index is -3.96. The van der Waals surface area contributed by atoms with E-state index in [-0.39, 0.29) is 28.5 Å². The first-order valence-electron chi connectivity index (χ1n) is 14.4. The zero-order valence-electron chi connectivity index (χ0n) is 23.9. The number of ether oxygens (including phenoxy) is 1. The van der Waals surface area contributed by atoms with Gasteiger partial charge in [-0.05, 0) is 66.4 Å². The fourth-order valence-corrected chi connectivity index (χ4v) is 6.91. The number of rotatable bonds is 11. The van der Waals surface area contributed by atoms with E-state index in [0.29, 0.717) is 54.0 Å². The quantitative estimate of drug-likeness (QED) is 0.203. The molecule has 1 N–H and O–H groups in total. The summed E-state index contributed by atoms with van der Waals surface area (Å²) in [5.41, 5.74) is 2.82. The van der Waals surface area contributed by atoms with Crippen LogP contribution < -0.4 is 10.1 Å². The summed E-state index contributed by atoms with van der Waals surface area (Å²) in [6.45, 7) is 0.622. The number of ketones is 1. The molecule has 10 heteroatoms. The lowest BCUT2D eigenvalue weighted by atomic mass is 9.87. The molecule has 0 fully saturated rings. The number of Topliss-reactive ketones (excluding diaryl/α,β-unsaturated/α-hetero) is 1. The molecule has 0 unspecified atom stereocenters. The van der Waals surface area contributed by atoms with E-state index in [1.807, 2.05) is 41.1 Å². The average molecular weight is 610 g/mol. The molecule has 0 bridgehead atoms. The van der Waals surface area contributed by atoms with Crippen molar-refractivity contribution in [1.29, 1.82) is 0 Å². The van der Waals surface area contributed by atoms with Gasteiger partial charge in [0.25, 0.3) is 5.91 Å². The predicted octanol–water partition coefficient (Wildman–Crippen LogP) is 5.72. The number of hydrogen-bond acceptors (Lipinski definition) is 7. The van der Waals surface area contributed by atoms with Crippen LogP contribution in [0.25, 0.3) is 0 Å². The number of nitrogens with one attached hydrogen (secondary N) is 1. The van der Waals surface area contributed by atoms with E-state index in [0.717, 1.165) is 5.56 Å². The van der Waals surface area contributed by atoms with Crippen LogP contribution in [-0.4, -0.2) is 29.7 Å². The molecule has 0 spiro atoms. The van der Waals surface area contributed by atoms with Crippen molar-refractivity contribution in [2.24, 2.45) is 0 Å². The van der Waals surface area contributed by atoms with Gasteiger partial charge in [-0.25, -0.2) is 13.4 Å². The predicted molar refractivity (Wildman–Crippen MR) is 163 cm³/mol. The Kier molecular flexibility index (Phi) is 8.42. The largest absolute Gasteiger partial charge is 0.484 e. The molecule has 1 aliphatic rings. The minimum absolute atomic E-state index is 0.00635. The Morgan fingerprint density at radius 3 is 2.66 bits per heavy atom. The molecule has 1 aliphatic carbocycles. The summed E-state index contributed by atoms with van der Waals surface area (Å²) in [5, 5.41) is 2.75. The van der Waals surface area contributed by atoms with Gasteiger partial charge < -0.3 is 19.0 Å². The van der Waals surface area contributed by atoms with Crippen LogP contribution in [0, 0.1) is 0 Å². The van der Waals surface area contributed by atoms with Gasteiger partial charge >= 0.3 is 0 Å². The number of aromatic nitrogens is 2. The Morgan fingerprint density at radius 1 is 1.02 bits per heavy atom. The van der Waals surface area contributed by atoms with Gasteiger partial charge in [-0.3, -0.25) is 9.59 Å². The molecule has 6 rings (SSSR count). The molecule has 3 aromatic carbocycles. The topological polar surface area (TPSA) is 120 Å². The molecular formula is C34H31N3O6S. The third kappa shape index (κ3) is 6.50. The highest BCUT2D eigenvalue weighted by Crippen LogP contribution is 2.36. The van der Waals surface area contributed by atoms with Crippen LogP contribution in [0.1, 0.15) is 62.1 Å². The lowest BCUT2D eigenvalue weighted by molar-refractivity contribution is 0.0945. The van der Waals surface area contributed by atoms with E-state index in [1.165, 1.54) is 18.4 Å². The van der Waals surface area contributed by atoms with Crippen LogP contribution in [0.15, 0.2) is 113 Å². The molecule has 1 atom stereocenters. The van der Waals surface area contributed by atoms with E-state index >= 15 is 0 Å². The standard InChI is InChI=1S/C34H31N3O6S/c38-31-13-5-12-28-29(31)14-15-32(43-33(21-37-17-16-35-23-37)24-7-2-1-3-8-24)30(28)22-44(40,41)27-11-4-9-25(19-27)34(39)36-20-26-10-6-18-42-26/h1-4,6-11,14-19,23,33H,5,12-13,20-22H2,(H,36,39)/t33-/m1/s1. The average Bonchev–Trinajstić information content (AvgIpc) is 3.76. The molecule has 224 valence electrons. The van der Waals surface area contributed by atoms with Gasteiger partial charge in [0.2, 0.25) is 0 Å². The number of nitrogens with zero attached hydrogens (tertiary/aromatic N) is 2. The number of carbonyl (C=O) groups excluding carboxylic acids is 2. The lowest BCUT2D eigenvalue weighted by Gasteiger charge is -2.26. The Balaban J connectivity index is 1.33. The lowest BCUT2D eigenvalue weighted by Crippen LogP contribution is -2.23. The van der Waals surface area contributed by atoms with Crippen molar-refractivity contribution in [3.05, 3.63) is 137 Å². The molecule has 44 heavy (non-hydrogen) atoms. The van der Waals surface area contributed by atoms with Gasteiger partial charge in [0.1, 0.15) is 17.6 Å². The number of fused-ring (bicyclic) bond motifs is 1. The van der Waals surface area contributed by atoms with E-state index in [4.69, 9.17) is 9.15 Å². The van der Waals surface area contributed by atoms with Crippen LogP contribution >= 0.6 is 0 Å². The Labute approximate surface area is 255 Å². The number of furan rings is 1. The normalized spacial score (nSPS) is 13.7. The van der Waals surface area contributed by atoms with Crippen LogP contribution in [0.2, 0.25) is 0 Å². The number of imidazole rings is 1. The minimum Gasteiger partial charge on any atom is -0.484 e. The van der Waals surface area contributed by atoms with E-state index in [1.54, 1.807) is 48.9 Å². The third-order valence-corrected chi connectivity index (χ3v) is 9.33. The highest BCUT2D eigenvalue weighted by atomic mass is 32.2. The summed E-state index contributed by atoms with van der Waals surface area (Å²) in [4.78, 5) is 29.8. The van der Waals surface area contributed by atoms with Gasteiger partial charge in [-0.15, -0.1) is 0 Å². The summed E-state index contributed by atoms with van der Waals surface area (Å²) < 4.78 is 41.7. The molecular weight excluding hydrogens is 578 g/mol. The molecule has 2 aromatic heterocycles. The summed E-state index contributed by atoms with van der Waals surface area (Å²) in [5.74, 6) is 0.173. The van der Waals surface area contributed by atoms with E-state index in [2.05, 4.69) is 10.3 Å². The molecule has 2 heterocycles. The maximum Gasteiger partial charge on any atom is 0.251 e. The van der Waals surface area contributed by atoms with Crippen LogP contribution in [-0.2, 0) is 35.1 Å². The van der Waals surface area contributed by atoms with Crippen LogP contribution in [0.4, 0.5) is 0 Å². The van der Waals surface area contributed by atoms with Crippen molar-refractivity contribution >= 4 is 21.5 Å². The molecule has 9 nitrogen and oxygen atoms in total. The first kappa shape index (κ1) is 29.1. The Morgan fingerprint density at radius 2 is 1.89 bits per heavy atom.